The molecule has 1 atom stereocenters. The highest BCUT2D eigenvalue weighted by Crippen LogP contribution is 2.30. The van der Waals surface area contributed by atoms with E-state index in [1.165, 1.54) is 6.20 Å². The SMILES string of the molecule is Cc1cccc(Cl)c1-c1ccc(/C=N\Nc2ncc(F)c(C3CCCOCC3)n2)nc1. The Kier molecular flexibility index (Phi) is 6.84. The van der Waals surface area contributed by atoms with Gasteiger partial charge < -0.3 is 4.74 Å². The minimum atomic E-state index is -0.395. The van der Waals surface area contributed by atoms with Gasteiger partial charge in [0.2, 0.25) is 5.95 Å². The number of hydrogen-bond acceptors (Lipinski definition) is 6. The molecule has 3 aromatic rings. The van der Waals surface area contributed by atoms with E-state index in [1.54, 1.807) is 12.4 Å². The van der Waals surface area contributed by atoms with Crippen LogP contribution < -0.4 is 5.43 Å². The predicted molar refractivity (Wildman–Crippen MR) is 120 cm³/mol. The number of aryl methyl sites for hydroxylation is 1. The molecule has 3 heterocycles. The van der Waals surface area contributed by atoms with Gasteiger partial charge in [0.05, 0.1) is 23.8 Å². The van der Waals surface area contributed by atoms with Gasteiger partial charge in [0.25, 0.3) is 0 Å². The summed E-state index contributed by atoms with van der Waals surface area (Å²) in [5, 5.41) is 4.84. The Morgan fingerprint density at radius 2 is 2.06 bits per heavy atom. The van der Waals surface area contributed by atoms with Crippen molar-refractivity contribution in [3.63, 3.8) is 0 Å². The van der Waals surface area contributed by atoms with Gasteiger partial charge in [-0.25, -0.2) is 19.8 Å². The van der Waals surface area contributed by atoms with Crippen molar-refractivity contribution in [1.82, 2.24) is 15.0 Å². The number of anilines is 1. The van der Waals surface area contributed by atoms with Crippen molar-refractivity contribution in [2.75, 3.05) is 18.6 Å². The lowest BCUT2D eigenvalue weighted by Crippen LogP contribution is -2.09. The van der Waals surface area contributed by atoms with Crippen molar-refractivity contribution >= 4 is 23.8 Å². The van der Waals surface area contributed by atoms with E-state index in [1.807, 2.05) is 37.3 Å². The molecular formula is C23H23ClFN5O. The lowest BCUT2D eigenvalue weighted by atomic mass is 9.96. The van der Waals surface area contributed by atoms with E-state index in [9.17, 15) is 4.39 Å². The molecule has 0 radical (unpaired) electrons. The number of benzene rings is 1. The molecule has 1 aliphatic heterocycles. The van der Waals surface area contributed by atoms with Crippen LogP contribution in [0.5, 0.6) is 0 Å². The number of hydrazone groups is 1. The van der Waals surface area contributed by atoms with Gasteiger partial charge in [-0.3, -0.25) is 4.98 Å². The van der Waals surface area contributed by atoms with Crippen molar-refractivity contribution in [3.8, 4) is 11.1 Å². The van der Waals surface area contributed by atoms with Gasteiger partial charge >= 0.3 is 0 Å². The number of nitrogens with zero attached hydrogens (tertiary/aromatic N) is 4. The average Bonchev–Trinajstić information content (AvgIpc) is 3.05. The first-order chi connectivity index (χ1) is 15.1. The van der Waals surface area contributed by atoms with Crippen LogP contribution in [0.2, 0.25) is 5.02 Å². The fraction of sp³-hybridized carbons (Fsp3) is 0.304. The zero-order valence-corrected chi connectivity index (χ0v) is 17.9. The van der Waals surface area contributed by atoms with Gasteiger partial charge in [0.15, 0.2) is 5.82 Å². The summed E-state index contributed by atoms with van der Waals surface area (Å²) >= 11 is 6.33. The molecule has 1 aromatic carbocycles. The van der Waals surface area contributed by atoms with E-state index in [0.717, 1.165) is 36.0 Å². The minimum Gasteiger partial charge on any atom is -0.381 e. The quantitative estimate of drug-likeness (QED) is 0.427. The highest BCUT2D eigenvalue weighted by atomic mass is 35.5. The van der Waals surface area contributed by atoms with Crippen molar-refractivity contribution < 1.29 is 9.13 Å². The average molecular weight is 440 g/mol. The van der Waals surface area contributed by atoms with Crippen LogP contribution in [0.1, 0.15) is 42.1 Å². The van der Waals surface area contributed by atoms with Crippen LogP contribution in [0.15, 0.2) is 47.8 Å². The summed E-state index contributed by atoms with van der Waals surface area (Å²) < 4.78 is 19.7. The smallest absolute Gasteiger partial charge is 0.243 e. The molecule has 0 amide bonds. The number of ether oxygens (including phenoxy) is 1. The van der Waals surface area contributed by atoms with Crippen LogP contribution in [-0.2, 0) is 4.74 Å². The summed E-state index contributed by atoms with van der Waals surface area (Å²) in [6.07, 6.45) is 7.00. The second kappa shape index (κ2) is 9.94. The van der Waals surface area contributed by atoms with E-state index < -0.39 is 5.82 Å². The Bertz CT molecular complexity index is 1050. The van der Waals surface area contributed by atoms with Crippen LogP contribution in [-0.4, -0.2) is 34.4 Å². The molecule has 0 aliphatic carbocycles. The van der Waals surface area contributed by atoms with Crippen molar-refractivity contribution in [2.24, 2.45) is 5.10 Å². The summed E-state index contributed by atoms with van der Waals surface area (Å²) in [5.74, 6) is -0.118. The standard InChI is InChI=1S/C23H23ClFN5O/c1-15-4-2-6-19(24)21(15)17-7-8-18(26-12-17)13-28-30-23-27-14-20(25)22(29-23)16-5-3-10-31-11-9-16/h2,4,6-8,12-14,16H,3,5,9-11H2,1H3,(H,27,29,30)/b28-13-. The minimum absolute atomic E-state index is 0.0255. The number of rotatable bonds is 5. The summed E-state index contributed by atoms with van der Waals surface area (Å²) in [4.78, 5) is 12.7. The molecule has 8 heteroatoms. The number of aromatic nitrogens is 3. The van der Waals surface area contributed by atoms with Gasteiger partial charge in [0, 0.05) is 41.5 Å². The molecule has 0 saturated carbocycles. The second-order valence-electron chi connectivity index (χ2n) is 7.44. The molecule has 160 valence electrons. The van der Waals surface area contributed by atoms with Crippen molar-refractivity contribution in [2.45, 2.75) is 32.1 Å². The van der Waals surface area contributed by atoms with E-state index in [0.29, 0.717) is 29.6 Å². The fourth-order valence-corrected chi connectivity index (χ4v) is 4.01. The number of halogens is 2. The molecule has 2 aromatic heterocycles. The van der Waals surface area contributed by atoms with Gasteiger partial charge in [0.1, 0.15) is 0 Å². The Hall–Kier alpha value is -2.90. The molecule has 1 aliphatic rings. The summed E-state index contributed by atoms with van der Waals surface area (Å²) in [6.45, 7) is 3.34. The van der Waals surface area contributed by atoms with Gasteiger partial charge in [-0.1, -0.05) is 29.8 Å². The molecule has 4 rings (SSSR count). The Morgan fingerprint density at radius 3 is 2.87 bits per heavy atom. The molecule has 1 unspecified atom stereocenters. The topological polar surface area (TPSA) is 72.3 Å². The third-order valence-corrected chi connectivity index (χ3v) is 5.58. The lowest BCUT2D eigenvalue weighted by molar-refractivity contribution is 0.143. The molecule has 0 bridgehead atoms. The van der Waals surface area contributed by atoms with E-state index >= 15 is 0 Å². The van der Waals surface area contributed by atoms with Crippen molar-refractivity contribution in [1.29, 1.82) is 0 Å². The Labute approximate surface area is 185 Å². The zero-order chi connectivity index (χ0) is 21.6. The summed E-state index contributed by atoms with van der Waals surface area (Å²) in [6, 6.07) is 9.60. The second-order valence-corrected chi connectivity index (χ2v) is 7.85. The maximum atomic E-state index is 14.3. The number of pyridine rings is 1. The fourth-order valence-electron chi connectivity index (χ4n) is 3.68. The lowest BCUT2D eigenvalue weighted by Gasteiger charge is -2.13. The summed E-state index contributed by atoms with van der Waals surface area (Å²) in [5.41, 5.74) is 6.83. The van der Waals surface area contributed by atoms with Crippen molar-refractivity contribution in [3.05, 3.63) is 70.5 Å². The van der Waals surface area contributed by atoms with E-state index in [-0.39, 0.29) is 11.9 Å². The number of hydrogen-bond donors (Lipinski definition) is 1. The van der Waals surface area contributed by atoms with Crippen LogP contribution in [0.4, 0.5) is 10.3 Å². The monoisotopic (exact) mass is 439 g/mol. The van der Waals surface area contributed by atoms with Gasteiger partial charge in [-0.05, 0) is 43.9 Å². The maximum Gasteiger partial charge on any atom is 0.243 e. The van der Waals surface area contributed by atoms with E-state index in [4.69, 9.17) is 16.3 Å². The highest BCUT2D eigenvalue weighted by molar-refractivity contribution is 6.33. The molecule has 1 saturated heterocycles. The largest absolute Gasteiger partial charge is 0.381 e. The van der Waals surface area contributed by atoms with Gasteiger partial charge in [-0.2, -0.15) is 5.10 Å². The number of nitrogens with one attached hydrogen (secondary N) is 1. The Balaban J connectivity index is 1.44. The van der Waals surface area contributed by atoms with Crippen LogP contribution in [0.3, 0.4) is 0 Å². The molecule has 31 heavy (non-hydrogen) atoms. The maximum absolute atomic E-state index is 14.3. The first kappa shape index (κ1) is 21.3. The molecule has 0 spiro atoms. The van der Waals surface area contributed by atoms with Crippen LogP contribution >= 0.6 is 11.6 Å². The first-order valence-electron chi connectivity index (χ1n) is 10.2. The highest BCUT2D eigenvalue weighted by Gasteiger charge is 2.20. The summed E-state index contributed by atoms with van der Waals surface area (Å²) in [7, 11) is 0. The predicted octanol–water partition coefficient (Wildman–Crippen LogP) is 5.37. The Morgan fingerprint density at radius 1 is 1.16 bits per heavy atom. The molecule has 1 fully saturated rings. The third kappa shape index (κ3) is 5.24. The first-order valence-corrected chi connectivity index (χ1v) is 10.6. The normalized spacial score (nSPS) is 16.9. The van der Waals surface area contributed by atoms with Crippen LogP contribution in [0, 0.1) is 12.7 Å². The van der Waals surface area contributed by atoms with Crippen LogP contribution in [0.25, 0.3) is 11.1 Å². The molecule has 6 nitrogen and oxygen atoms in total. The molecular weight excluding hydrogens is 417 g/mol. The zero-order valence-electron chi connectivity index (χ0n) is 17.2. The third-order valence-electron chi connectivity index (χ3n) is 5.27. The molecule has 1 N–H and O–H groups in total. The van der Waals surface area contributed by atoms with Gasteiger partial charge in [-0.15, -0.1) is 0 Å². The van der Waals surface area contributed by atoms with E-state index in [2.05, 4.69) is 25.5 Å².